The van der Waals surface area contributed by atoms with E-state index in [4.69, 9.17) is 16.3 Å². The summed E-state index contributed by atoms with van der Waals surface area (Å²) in [5, 5.41) is 9.49. The summed E-state index contributed by atoms with van der Waals surface area (Å²) in [4.78, 5) is 25.7. The van der Waals surface area contributed by atoms with E-state index in [2.05, 4.69) is 0 Å². The molecular weight excluding hydrogens is 361 g/mol. The number of carboxylic acids is 1. The van der Waals surface area contributed by atoms with Gasteiger partial charge in [-0.25, -0.2) is 14.0 Å². The predicted octanol–water partition coefficient (Wildman–Crippen LogP) is 4.41. The minimum atomic E-state index is -1.29. The van der Waals surface area contributed by atoms with Gasteiger partial charge in [-0.2, -0.15) is 0 Å². The average molecular weight is 378 g/mol. The first-order valence-corrected chi connectivity index (χ1v) is 8.52. The van der Waals surface area contributed by atoms with Crippen LogP contribution in [0.5, 0.6) is 0 Å². The SMILES string of the molecule is O=C(O)C(c1ccc(F)c(Cl)c1)N(C(=O)OCc1ccccc1)C1CC1. The molecule has 3 rings (SSSR count). The van der Waals surface area contributed by atoms with Gasteiger partial charge in [0.15, 0.2) is 6.04 Å². The van der Waals surface area contributed by atoms with E-state index in [1.165, 1.54) is 17.0 Å². The van der Waals surface area contributed by atoms with Crippen molar-refractivity contribution < 1.29 is 23.8 Å². The molecule has 1 aliphatic rings. The molecule has 1 amide bonds. The topological polar surface area (TPSA) is 66.8 Å². The Bertz CT molecular complexity index is 810. The summed E-state index contributed by atoms with van der Waals surface area (Å²) >= 11 is 5.78. The maximum Gasteiger partial charge on any atom is 0.411 e. The summed E-state index contributed by atoms with van der Waals surface area (Å²) < 4.78 is 18.7. The highest BCUT2D eigenvalue weighted by Crippen LogP contribution is 2.36. The second-order valence-electron chi connectivity index (χ2n) is 6.09. The largest absolute Gasteiger partial charge is 0.479 e. The molecule has 1 N–H and O–H groups in total. The highest BCUT2D eigenvalue weighted by Gasteiger charge is 2.42. The van der Waals surface area contributed by atoms with Crippen molar-refractivity contribution in [2.75, 3.05) is 0 Å². The number of hydrogen-bond acceptors (Lipinski definition) is 3. The number of carbonyl (C=O) groups excluding carboxylic acids is 1. The first kappa shape index (κ1) is 18.2. The molecule has 1 aliphatic carbocycles. The van der Waals surface area contributed by atoms with Crippen LogP contribution in [0.15, 0.2) is 48.5 Å². The highest BCUT2D eigenvalue weighted by molar-refractivity contribution is 6.30. The van der Waals surface area contributed by atoms with Crippen LogP contribution < -0.4 is 0 Å². The molecule has 2 aromatic carbocycles. The first-order chi connectivity index (χ1) is 12.5. The van der Waals surface area contributed by atoms with Gasteiger partial charge in [0.2, 0.25) is 0 Å². The third kappa shape index (κ3) is 4.14. The Kier molecular flexibility index (Phi) is 5.42. The first-order valence-electron chi connectivity index (χ1n) is 8.14. The standard InChI is InChI=1S/C19H17ClFNO4/c20-15-10-13(6-9-16(15)21)17(18(23)24)22(14-7-8-14)19(25)26-11-12-4-2-1-3-5-12/h1-6,9-10,14,17H,7-8,11H2,(H,23,24). The number of rotatable bonds is 6. The third-order valence-corrected chi connectivity index (χ3v) is 4.42. The lowest BCUT2D eigenvalue weighted by atomic mass is 10.1. The molecule has 0 heterocycles. The number of aliphatic carboxylic acids is 1. The van der Waals surface area contributed by atoms with Gasteiger partial charge in [-0.05, 0) is 36.1 Å². The molecule has 0 saturated heterocycles. The minimum Gasteiger partial charge on any atom is -0.479 e. The summed E-state index contributed by atoms with van der Waals surface area (Å²) in [7, 11) is 0. The zero-order chi connectivity index (χ0) is 18.7. The van der Waals surface area contributed by atoms with Crippen molar-refractivity contribution in [1.29, 1.82) is 0 Å². The van der Waals surface area contributed by atoms with E-state index >= 15 is 0 Å². The lowest BCUT2D eigenvalue weighted by Gasteiger charge is -2.28. The number of benzene rings is 2. The van der Waals surface area contributed by atoms with Crippen molar-refractivity contribution in [2.24, 2.45) is 0 Å². The van der Waals surface area contributed by atoms with Gasteiger partial charge < -0.3 is 9.84 Å². The fraction of sp³-hybridized carbons (Fsp3) is 0.263. The van der Waals surface area contributed by atoms with Crippen LogP contribution in [0.1, 0.15) is 30.0 Å². The monoisotopic (exact) mass is 377 g/mol. The van der Waals surface area contributed by atoms with Crippen molar-refractivity contribution in [3.05, 3.63) is 70.5 Å². The number of amides is 1. The number of carbonyl (C=O) groups is 2. The van der Waals surface area contributed by atoms with Crippen molar-refractivity contribution in [1.82, 2.24) is 4.90 Å². The number of halogens is 2. The molecule has 0 spiro atoms. The van der Waals surface area contributed by atoms with Crippen LogP contribution in [0.25, 0.3) is 0 Å². The quantitative estimate of drug-likeness (QED) is 0.809. The molecule has 2 aromatic rings. The summed E-state index contributed by atoms with van der Waals surface area (Å²) in [5.41, 5.74) is 1.03. The van der Waals surface area contributed by atoms with Crippen molar-refractivity contribution in [3.63, 3.8) is 0 Å². The van der Waals surface area contributed by atoms with E-state index < -0.39 is 23.9 Å². The van der Waals surface area contributed by atoms with Gasteiger partial charge in [0.1, 0.15) is 12.4 Å². The Morgan fingerprint density at radius 2 is 1.92 bits per heavy atom. The number of carboxylic acid groups (broad SMARTS) is 1. The van der Waals surface area contributed by atoms with Gasteiger partial charge in [-0.15, -0.1) is 0 Å². The second kappa shape index (κ2) is 7.74. The Balaban J connectivity index is 1.82. The van der Waals surface area contributed by atoms with Crippen LogP contribution >= 0.6 is 11.6 Å². The molecule has 1 fully saturated rings. The molecular formula is C19H17ClFNO4. The molecule has 0 aromatic heterocycles. The zero-order valence-electron chi connectivity index (χ0n) is 13.8. The van der Waals surface area contributed by atoms with E-state index in [1.54, 1.807) is 0 Å². The van der Waals surface area contributed by atoms with Crippen LogP contribution in [0.4, 0.5) is 9.18 Å². The van der Waals surface area contributed by atoms with E-state index in [0.717, 1.165) is 11.6 Å². The van der Waals surface area contributed by atoms with Crippen molar-refractivity contribution in [2.45, 2.75) is 31.5 Å². The van der Waals surface area contributed by atoms with Crippen molar-refractivity contribution in [3.8, 4) is 0 Å². The zero-order valence-corrected chi connectivity index (χ0v) is 14.5. The predicted molar refractivity (Wildman–Crippen MR) is 93.3 cm³/mol. The number of nitrogens with zero attached hydrogens (tertiary/aromatic N) is 1. The Morgan fingerprint density at radius 1 is 1.23 bits per heavy atom. The lowest BCUT2D eigenvalue weighted by molar-refractivity contribution is -0.143. The number of hydrogen-bond donors (Lipinski definition) is 1. The smallest absolute Gasteiger partial charge is 0.411 e. The molecule has 0 bridgehead atoms. The summed E-state index contributed by atoms with van der Waals surface area (Å²) in [6.45, 7) is 0.0411. The fourth-order valence-corrected chi connectivity index (χ4v) is 2.91. The molecule has 5 nitrogen and oxygen atoms in total. The third-order valence-electron chi connectivity index (χ3n) is 4.13. The summed E-state index contributed by atoms with van der Waals surface area (Å²) in [5.74, 6) is -1.87. The summed E-state index contributed by atoms with van der Waals surface area (Å²) in [6.07, 6.45) is 0.669. The van der Waals surface area contributed by atoms with Gasteiger partial charge in [0.05, 0.1) is 5.02 Å². The van der Waals surface area contributed by atoms with Gasteiger partial charge in [-0.3, -0.25) is 4.90 Å². The minimum absolute atomic E-state index is 0.0411. The van der Waals surface area contributed by atoms with E-state index in [1.807, 2.05) is 30.3 Å². The Labute approximate surface area is 154 Å². The Hall–Kier alpha value is -2.60. The maximum absolute atomic E-state index is 13.4. The molecule has 136 valence electrons. The lowest BCUT2D eigenvalue weighted by Crippen LogP contribution is -2.41. The van der Waals surface area contributed by atoms with Gasteiger partial charge in [0, 0.05) is 6.04 Å². The van der Waals surface area contributed by atoms with Gasteiger partial charge in [-0.1, -0.05) is 48.0 Å². The van der Waals surface area contributed by atoms with E-state index in [-0.39, 0.29) is 23.2 Å². The van der Waals surface area contributed by atoms with Crippen molar-refractivity contribution >= 4 is 23.7 Å². The van der Waals surface area contributed by atoms with Gasteiger partial charge >= 0.3 is 12.1 Å². The van der Waals surface area contributed by atoms with Gasteiger partial charge in [0.25, 0.3) is 0 Å². The number of ether oxygens (including phenoxy) is 1. The normalized spacial score (nSPS) is 14.5. The molecule has 26 heavy (non-hydrogen) atoms. The molecule has 1 atom stereocenters. The second-order valence-corrected chi connectivity index (χ2v) is 6.50. The van der Waals surface area contributed by atoms with Crippen LogP contribution in [0.3, 0.4) is 0 Å². The van der Waals surface area contributed by atoms with E-state index in [9.17, 15) is 19.1 Å². The van der Waals surface area contributed by atoms with Crippen LogP contribution in [0.2, 0.25) is 5.02 Å². The Morgan fingerprint density at radius 3 is 2.50 bits per heavy atom. The maximum atomic E-state index is 13.4. The fourth-order valence-electron chi connectivity index (χ4n) is 2.72. The van der Waals surface area contributed by atoms with Crippen LogP contribution in [-0.4, -0.2) is 28.1 Å². The van der Waals surface area contributed by atoms with Crippen LogP contribution in [0, 0.1) is 5.82 Å². The molecule has 7 heteroatoms. The molecule has 1 saturated carbocycles. The molecule has 0 radical (unpaired) electrons. The molecule has 0 aliphatic heterocycles. The molecule has 1 unspecified atom stereocenters. The van der Waals surface area contributed by atoms with Crippen LogP contribution in [-0.2, 0) is 16.1 Å². The van der Waals surface area contributed by atoms with E-state index in [0.29, 0.717) is 12.8 Å². The summed E-state index contributed by atoms with van der Waals surface area (Å²) in [6, 6.07) is 11.2. The highest BCUT2D eigenvalue weighted by atomic mass is 35.5. The average Bonchev–Trinajstić information content (AvgIpc) is 3.45.